The minimum absolute atomic E-state index is 0. The molecule has 0 spiro atoms. The van der Waals surface area contributed by atoms with Gasteiger partial charge in [-0.3, -0.25) is 0 Å². The Morgan fingerprint density at radius 2 is 1.11 bits per heavy atom. The van der Waals surface area contributed by atoms with Crippen LogP contribution in [0.5, 0.6) is 0 Å². The van der Waals surface area contributed by atoms with Crippen molar-refractivity contribution in [3.8, 4) is 0 Å². The molecule has 0 rings (SSSR count). The predicted molar refractivity (Wildman–Crippen MR) is 47.6 cm³/mol. The van der Waals surface area contributed by atoms with E-state index < -0.39 is 0 Å². The van der Waals surface area contributed by atoms with Crippen LogP contribution in [0.2, 0.25) is 0 Å². The molecule has 3 heteroatoms. The molecule has 0 atom stereocenters. The first kappa shape index (κ1) is 16.9. The Hall–Kier alpha value is 1.65. The van der Waals surface area contributed by atoms with Gasteiger partial charge in [0.2, 0.25) is 0 Å². The monoisotopic (exact) mass is 176 g/mol. The van der Waals surface area contributed by atoms with Crippen LogP contribution in [-0.4, -0.2) is 61.7 Å². The van der Waals surface area contributed by atoms with Crippen LogP contribution in [0.4, 0.5) is 0 Å². The molecule has 0 aliphatic heterocycles. The average molecular weight is 176 g/mol. The molecule has 0 saturated heterocycles. The molecule has 0 aromatic rings. The molecule has 0 aliphatic rings. The first-order valence-electron chi connectivity index (χ1n) is 3.18. The molecular weight excluding hydrogens is 159 g/mol. The van der Waals surface area contributed by atoms with Gasteiger partial charge in [0.05, 0.1) is 18.5 Å². The van der Waals surface area contributed by atoms with E-state index in [0.717, 1.165) is 0 Å². The topological polar surface area (TPSA) is 30.0 Å². The van der Waals surface area contributed by atoms with Crippen molar-refractivity contribution in [2.24, 2.45) is 0 Å². The van der Waals surface area contributed by atoms with E-state index in [0.29, 0.717) is 0 Å². The van der Waals surface area contributed by atoms with E-state index in [1.165, 1.54) is 18.5 Å². The Kier molecular flexibility index (Phi) is 23.2. The van der Waals surface area contributed by atoms with Gasteiger partial charge in [-0.2, -0.15) is 0 Å². The van der Waals surface area contributed by atoms with Gasteiger partial charge >= 0.3 is 0 Å². The maximum atomic E-state index is 2.31. The van der Waals surface area contributed by atoms with Crippen LogP contribution in [0.15, 0.2) is 0 Å². The summed E-state index contributed by atoms with van der Waals surface area (Å²) in [5, 5.41) is 0. The van der Waals surface area contributed by atoms with Crippen molar-refractivity contribution >= 4 is 45.7 Å². The summed E-state index contributed by atoms with van der Waals surface area (Å²) in [4.78, 5) is 0. The van der Waals surface area contributed by atoms with Gasteiger partial charge < -0.3 is 5.48 Å². The third kappa shape index (κ3) is 9.65. The summed E-state index contributed by atoms with van der Waals surface area (Å²) in [7, 11) is 0.137. The van der Waals surface area contributed by atoms with E-state index in [-0.39, 0.29) is 51.1 Å². The Morgan fingerprint density at radius 3 is 1.11 bits per heavy atom. The molecular formula is C6H17CaOP. The predicted octanol–water partition coefficient (Wildman–Crippen LogP) is 1.70. The SMILES string of the molecule is CC[PH+](CC)CC.[Ca].[OH-]. The van der Waals surface area contributed by atoms with Gasteiger partial charge in [0.25, 0.3) is 0 Å². The Balaban J connectivity index is -0.000000180. The quantitative estimate of drug-likeness (QED) is 0.475. The van der Waals surface area contributed by atoms with Crippen molar-refractivity contribution < 1.29 is 5.48 Å². The molecule has 9 heavy (non-hydrogen) atoms. The second kappa shape index (κ2) is 12.3. The fourth-order valence-corrected chi connectivity index (χ4v) is 2.25. The second-order valence-corrected chi connectivity index (χ2v) is 5.43. The van der Waals surface area contributed by atoms with E-state index in [1.54, 1.807) is 0 Å². The molecule has 1 nitrogen and oxygen atoms in total. The minimum atomic E-state index is 0. The van der Waals surface area contributed by atoms with E-state index >= 15 is 0 Å². The maximum Gasteiger partial charge on any atom is 0.0543 e. The zero-order valence-corrected chi connectivity index (χ0v) is 9.98. The van der Waals surface area contributed by atoms with Gasteiger partial charge in [-0.05, 0) is 28.7 Å². The first-order valence-corrected chi connectivity index (χ1v) is 5.30. The molecule has 0 unspecified atom stereocenters. The Bertz CT molecular complexity index is 34.5. The van der Waals surface area contributed by atoms with Gasteiger partial charge in [0.1, 0.15) is 0 Å². The molecule has 0 aromatic heterocycles. The Morgan fingerprint density at radius 1 is 0.889 bits per heavy atom. The smallest absolute Gasteiger partial charge is 0.0543 e. The summed E-state index contributed by atoms with van der Waals surface area (Å²) in [6.45, 7) is 6.92. The van der Waals surface area contributed by atoms with Crippen LogP contribution < -0.4 is 0 Å². The van der Waals surface area contributed by atoms with E-state index in [9.17, 15) is 0 Å². The summed E-state index contributed by atoms with van der Waals surface area (Å²) < 4.78 is 0. The molecule has 54 valence electrons. The standard InChI is InChI=1S/C6H15P.Ca.H2O/c1-4-7(5-2)6-3;;/h4-6H2,1-3H3;;1H2. The minimum Gasteiger partial charge on any atom is -0.870 e. The molecule has 0 aliphatic carbocycles. The molecule has 0 bridgehead atoms. The van der Waals surface area contributed by atoms with Gasteiger partial charge in [0, 0.05) is 37.7 Å². The van der Waals surface area contributed by atoms with Crippen LogP contribution in [0.3, 0.4) is 0 Å². The maximum absolute atomic E-state index is 2.31. The van der Waals surface area contributed by atoms with Crippen LogP contribution in [-0.2, 0) is 0 Å². The van der Waals surface area contributed by atoms with Crippen LogP contribution in [0.1, 0.15) is 20.8 Å². The van der Waals surface area contributed by atoms with Crippen LogP contribution >= 0.6 is 7.92 Å². The molecule has 0 aromatic carbocycles. The van der Waals surface area contributed by atoms with Crippen molar-refractivity contribution in [2.75, 3.05) is 18.5 Å². The van der Waals surface area contributed by atoms with Crippen molar-refractivity contribution in [1.29, 1.82) is 0 Å². The summed E-state index contributed by atoms with van der Waals surface area (Å²) in [5.41, 5.74) is 0. The van der Waals surface area contributed by atoms with Crippen LogP contribution in [0.25, 0.3) is 0 Å². The van der Waals surface area contributed by atoms with Gasteiger partial charge in [0.15, 0.2) is 0 Å². The first-order chi connectivity index (χ1) is 3.35. The molecule has 0 fully saturated rings. The number of rotatable bonds is 3. The van der Waals surface area contributed by atoms with E-state index in [1.807, 2.05) is 0 Å². The summed E-state index contributed by atoms with van der Waals surface area (Å²) in [5.74, 6) is 0. The summed E-state index contributed by atoms with van der Waals surface area (Å²) in [6, 6.07) is 0. The van der Waals surface area contributed by atoms with Crippen molar-refractivity contribution in [3.05, 3.63) is 0 Å². The molecule has 0 saturated carbocycles. The van der Waals surface area contributed by atoms with Crippen molar-refractivity contribution in [3.63, 3.8) is 0 Å². The van der Waals surface area contributed by atoms with Gasteiger partial charge in [-0.15, -0.1) is 0 Å². The molecule has 0 amide bonds. The second-order valence-electron chi connectivity index (χ2n) is 1.81. The zero-order chi connectivity index (χ0) is 5.70. The third-order valence-electron chi connectivity index (χ3n) is 1.50. The molecule has 1 N–H and O–H groups in total. The van der Waals surface area contributed by atoms with Crippen molar-refractivity contribution in [1.82, 2.24) is 0 Å². The van der Waals surface area contributed by atoms with Crippen LogP contribution in [0, 0.1) is 0 Å². The molecule has 0 heterocycles. The Labute approximate surface area is 89.7 Å². The number of hydrogen-bond donors (Lipinski definition) is 0. The third-order valence-corrected chi connectivity index (χ3v) is 4.50. The fraction of sp³-hybridized carbons (Fsp3) is 1.00. The van der Waals surface area contributed by atoms with Gasteiger partial charge in [-0.25, -0.2) is 0 Å². The fourth-order valence-electron chi connectivity index (χ4n) is 0.750. The summed E-state index contributed by atoms with van der Waals surface area (Å²) in [6.07, 6.45) is 4.37. The van der Waals surface area contributed by atoms with E-state index in [2.05, 4.69) is 20.8 Å². The van der Waals surface area contributed by atoms with Gasteiger partial charge in [-0.1, -0.05) is 0 Å². The number of hydrogen-bond acceptors (Lipinski definition) is 1. The summed E-state index contributed by atoms with van der Waals surface area (Å²) >= 11 is 0. The normalized spacial score (nSPS) is 8.00. The molecule has 2 radical (unpaired) electrons. The van der Waals surface area contributed by atoms with Crippen molar-refractivity contribution in [2.45, 2.75) is 20.8 Å². The average Bonchev–Trinajstić information content (AvgIpc) is 1.72. The zero-order valence-electron chi connectivity index (χ0n) is 6.78. The largest absolute Gasteiger partial charge is 0.870 e. The van der Waals surface area contributed by atoms with E-state index in [4.69, 9.17) is 0 Å².